The topological polar surface area (TPSA) is 95.6 Å². The van der Waals surface area contributed by atoms with Gasteiger partial charge in [-0.2, -0.15) is 0 Å². The number of amides is 4. The maximum absolute atomic E-state index is 12.6. The molecule has 1 fully saturated rings. The van der Waals surface area contributed by atoms with Crippen molar-refractivity contribution in [2.45, 2.75) is 31.8 Å². The molecule has 1 atom stereocenters. The van der Waals surface area contributed by atoms with Gasteiger partial charge in [-0.15, -0.1) is 0 Å². The molecule has 3 rings (SSSR count). The Hall–Kier alpha value is -2.77. The van der Waals surface area contributed by atoms with Gasteiger partial charge in [0.15, 0.2) is 0 Å². The number of hydrogen-bond acceptors (Lipinski definition) is 4. The lowest BCUT2D eigenvalue weighted by Crippen LogP contribution is -2.52. The van der Waals surface area contributed by atoms with Gasteiger partial charge in [-0.3, -0.25) is 28.9 Å². The van der Waals surface area contributed by atoms with E-state index >= 15 is 0 Å². The van der Waals surface area contributed by atoms with Crippen LogP contribution in [-0.2, 0) is 16.1 Å². The van der Waals surface area contributed by atoms with E-state index in [1.807, 2.05) is 0 Å². The molecular formula is C17H18FN3O4. The van der Waals surface area contributed by atoms with Gasteiger partial charge in [0.1, 0.15) is 6.04 Å². The summed E-state index contributed by atoms with van der Waals surface area (Å²) in [4.78, 5) is 49.6. The Kier molecular flexibility index (Phi) is 4.78. The molecule has 132 valence electrons. The molecule has 1 aromatic rings. The summed E-state index contributed by atoms with van der Waals surface area (Å²) in [7, 11) is 0. The van der Waals surface area contributed by atoms with Crippen molar-refractivity contribution in [2.75, 3.05) is 13.2 Å². The van der Waals surface area contributed by atoms with Gasteiger partial charge in [-0.1, -0.05) is 6.07 Å². The van der Waals surface area contributed by atoms with E-state index in [1.165, 1.54) is 4.90 Å². The van der Waals surface area contributed by atoms with E-state index in [4.69, 9.17) is 0 Å². The second-order valence-electron chi connectivity index (χ2n) is 6.03. The number of rotatable bonds is 5. The Balaban J connectivity index is 1.81. The first-order valence-electron chi connectivity index (χ1n) is 8.13. The molecule has 2 N–H and O–H groups in total. The molecule has 2 aliphatic rings. The van der Waals surface area contributed by atoms with Crippen LogP contribution in [0.25, 0.3) is 0 Å². The van der Waals surface area contributed by atoms with Gasteiger partial charge in [0.2, 0.25) is 11.8 Å². The first-order chi connectivity index (χ1) is 12.0. The van der Waals surface area contributed by atoms with Crippen molar-refractivity contribution in [1.29, 1.82) is 0 Å². The van der Waals surface area contributed by atoms with E-state index in [1.54, 1.807) is 18.2 Å². The third kappa shape index (κ3) is 3.24. The zero-order chi connectivity index (χ0) is 18.0. The number of hydrogen-bond donors (Lipinski definition) is 2. The molecule has 0 spiro atoms. The molecule has 0 aromatic heterocycles. The van der Waals surface area contributed by atoms with Crippen LogP contribution in [0.3, 0.4) is 0 Å². The third-order valence-corrected chi connectivity index (χ3v) is 4.42. The molecule has 1 aromatic carbocycles. The summed E-state index contributed by atoms with van der Waals surface area (Å²) in [5, 5.41) is 4.86. The maximum atomic E-state index is 12.6. The second-order valence-corrected chi connectivity index (χ2v) is 6.03. The Morgan fingerprint density at radius 1 is 1.32 bits per heavy atom. The summed E-state index contributed by atoms with van der Waals surface area (Å²) in [6.07, 6.45) is 0.664. The van der Waals surface area contributed by atoms with Crippen LogP contribution in [0.4, 0.5) is 4.39 Å². The predicted octanol–water partition coefficient (Wildman–Crippen LogP) is 0.537. The van der Waals surface area contributed by atoms with Crippen molar-refractivity contribution in [3.8, 4) is 0 Å². The molecule has 0 radical (unpaired) electrons. The minimum Gasteiger partial charge on any atom is -0.352 e. The van der Waals surface area contributed by atoms with Crippen molar-refractivity contribution in [2.24, 2.45) is 0 Å². The number of benzene rings is 1. The number of alkyl halides is 1. The van der Waals surface area contributed by atoms with E-state index in [0.29, 0.717) is 16.7 Å². The number of piperidine rings is 1. The summed E-state index contributed by atoms with van der Waals surface area (Å²) >= 11 is 0. The predicted molar refractivity (Wildman–Crippen MR) is 85.4 cm³/mol. The number of carbonyl (C=O) groups is 4. The van der Waals surface area contributed by atoms with Crippen LogP contribution in [0.1, 0.15) is 45.5 Å². The number of halogens is 1. The quantitative estimate of drug-likeness (QED) is 0.600. The lowest BCUT2D eigenvalue weighted by Gasteiger charge is -2.29. The van der Waals surface area contributed by atoms with Crippen LogP contribution in [-0.4, -0.2) is 47.8 Å². The molecule has 2 heterocycles. The minimum atomic E-state index is -0.722. The highest BCUT2D eigenvalue weighted by atomic mass is 19.1. The van der Waals surface area contributed by atoms with Crippen LogP contribution >= 0.6 is 0 Å². The fraction of sp³-hybridized carbons (Fsp3) is 0.412. The minimum absolute atomic E-state index is 0.132. The molecule has 1 saturated heterocycles. The number of nitrogens with zero attached hydrogens (tertiary/aromatic N) is 1. The molecule has 0 bridgehead atoms. The van der Waals surface area contributed by atoms with Gasteiger partial charge in [0.25, 0.3) is 11.8 Å². The first kappa shape index (κ1) is 17.1. The monoisotopic (exact) mass is 347 g/mol. The van der Waals surface area contributed by atoms with Crippen molar-refractivity contribution in [3.63, 3.8) is 0 Å². The number of imide groups is 1. The number of fused-ring (bicyclic) bond motifs is 1. The standard InChI is InChI=1S/C17H18FN3O4/c18-7-2-8-19-15(23)10-3-1-4-11-12(10)9-21(17(11)25)13-5-6-14(22)20-16(13)24/h1,3-4,13H,2,5-9H2,(H,19,23)(H,20,22,24). The lowest BCUT2D eigenvalue weighted by molar-refractivity contribution is -0.136. The molecule has 8 heteroatoms. The normalized spacial score (nSPS) is 19.6. The smallest absolute Gasteiger partial charge is 0.255 e. The van der Waals surface area contributed by atoms with Gasteiger partial charge in [0, 0.05) is 30.6 Å². The average Bonchev–Trinajstić information content (AvgIpc) is 2.92. The summed E-state index contributed by atoms with van der Waals surface area (Å²) in [5.41, 5.74) is 1.28. The molecule has 2 aliphatic heterocycles. The second kappa shape index (κ2) is 7.00. The van der Waals surface area contributed by atoms with Gasteiger partial charge >= 0.3 is 0 Å². The Morgan fingerprint density at radius 2 is 2.12 bits per heavy atom. The van der Waals surface area contributed by atoms with Crippen LogP contribution in [0, 0.1) is 0 Å². The molecule has 25 heavy (non-hydrogen) atoms. The third-order valence-electron chi connectivity index (χ3n) is 4.42. The lowest BCUT2D eigenvalue weighted by atomic mass is 10.0. The van der Waals surface area contributed by atoms with Crippen LogP contribution in [0.2, 0.25) is 0 Å². The molecule has 0 aliphatic carbocycles. The van der Waals surface area contributed by atoms with Gasteiger partial charge in [-0.25, -0.2) is 0 Å². The Morgan fingerprint density at radius 3 is 2.84 bits per heavy atom. The Labute approximate surface area is 143 Å². The molecule has 1 unspecified atom stereocenters. The van der Waals surface area contributed by atoms with Crippen LogP contribution < -0.4 is 10.6 Å². The van der Waals surface area contributed by atoms with E-state index in [2.05, 4.69) is 10.6 Å². The van der Waals surface area contributed by atoms with Crippen molar-refractivity contribution < 1.29 is 23.6 Å². The molecule has 7 nitrogen and oxygen atoms in total. The fourth-order valence-corrected chi connectivity index (χ4v) is 3.16. The fourth-order valence-electron chi connectivity index (χ4n) is 3.16. The highest BCUT2D eigenvalue weighted by Gasteiger charge is 2.40. The van der Waals surface area contributed by atoms with E-state index < -0.39 is 18.6 Å². The summed E-state index contributed by atoms with van der Waals surface area (Å²) < 4.78 is 12.2. The summed E-state index contributed by atoms with van der Waals surface area (Å²) in [6, 6.07) is 4.10. The van der Waals surface area contributed by atoms with Crippen molar-refractivity contribution in [3.05, 3.63) is 34.9 Å². The SMILES string of the molecule is O=C1CCC(N2Cc3c(C(=O)NCCCF)cccc3C2=O)C(=O)N1. The number of nitrogens with one attached hydrogen (secondary N) is 2. The molecule has 0 saturated carbocycles. The van der Waals surface area contributed by atoms with E-state index in [0.717, 1.165) is 0 Å². The van der Waals surface area contributed by atoms with Crippen LogP contribution in [0.15, 0.2) is 18.2 Å². The number of carbonyl (C=O) groups excluding carboxylic acids is 4. The van der Waals surface area contributed by atoms with E-state index in [9.17, 15) is 23.6 Å². The van der Waals surface area contributed by atoms with Crippen molar-refractivity contribution in [1.82, 2.24) is 15.5 Å². The van der Waals surface area contributed by atoms with Crippen LogP contribution in [0.5, 0.6) is 0 Å². The summed E-state index contributed by atoms with van der Waals surface area (Å²) in [5.74, 6) is -1.55. The summed E-state index contributed by atoms with van der Waals surface area (Å²) in [6.45, 7) is -0.175. The maximum Gasteiger partial charge on any atom is 0.255 e. The largest absolute Gasteiger partial charge is 0.352 e. The van der Waals surface area contributed by atoms with Gasteiger partial charge in [0.05, 0.1) is 6.67 Å². The van der Waals surface area contributed by atoms with Gasteiger partial charge < -0.3 is 10.2 Å². The zero-order valence-corrected chi connectivity index (χ0v) is 13.5. The average molecular weight is 347 g/mol. The van der Waals surface area contributed by atoms with Crippen molar-refractivity contribution >= 4 is 23.6 Å². The zero-order valence-electron chi connectivity index (χ0n) is 13.5. The highest BCUT2D eigenvalue weighted by molar-refractivity contribution is 6.07. The molecular weight excluding hydrogens is 329 g/mol. The van der Waals surface area contributed by atoms with Gasteiger partial charge in [-0.05, 0) is 30.5 Å². The highest BCUT2D eigenvalue weighted by Crippen LogP contribution is 2.29. The first-order valence-corrected chi connectivity index (χ1v) is 8.13. The Bertz CT molecular complexity index is 749. The molecule has 4 amide bonds. The van der Waals surface area contributed by atoms with E-state index in [-0.39, 0.29) is 50.1 Å².